The lowest BCUT2D eigenvalue weighted by Gasteiger charge is -2.30. The molecule has 0 amide bonds. The fourth-order valence-electron chi connectivity index (χ4n) is 3.48. The molecule has 146 valence electrons. The van der Waals surface area contributed by atoms with E-state index in [-0.39, 0.29) is 16.8 Å². The zero-order valence-corrected chi connectivity index (χ0v) is 16.5. The first-order valence-electron chi connectivity index (χ1n) is 9.30. The summed E-state index contributed by atoms with van der Waals surface area (Å²) >= 11 is 0. The molecule has 7 heteroatoms. The van der Waals surface area contributed by atoms with Crippen LogP contribution < -0.4 is 4.74 Å². The first-order valence-corrected chi connectivity index (χ1v) is 10.7. The number of nitrogens with zero attached hydrogens (tertiary/aromatic N) is 1. The molecule has 0 saturated carbocycles. The summed E-state index contributed by atoms with van der Waals surface area (Å²) in [4.78, 5) is 12.2. The third-order valence-corrected chi connectivity index (χ3v) is 6.79. The highest BCUT2D eigenvalue weighted by atomic mass is 32.2. The minimum Gasteiger partial charge on any atom is -0.493 e. The highest BCUT2D eigenvalue weighted by Crippen LogP contribution is 2.34. The first kappa shape index (κ1) is 19.6. The van der Waals surface area contributed by atoms with E-state index in [0.29, 0.717) is 50.3 Å². The third-order valence-electron chi connectivity index (χ3n) is 4.84. The Balaban J connectivity index is 1.88. The topological polar surface area (TPSA) is 72.9 Å². The predicted molar refractivity (Wildman–Crippen MR) is 103 cm³/mol. The number of fused-ring (bicyclic) bond motifs is 1. The van der Waals surface area contributed by atoms with Crippen LogP contribution in [0.3, 0.4) is 0 Å². The maximum absolute atomic E-state index is 13.2. The van der Waals surface area contributed by atoms with Crippen LogP contribution in [-0.4, -0.2) is 45.0 Å². The Bertz CT molecular complexity index is 917. The summed E-state index contributed by atoms with van der Waals surface area (Å²) in [5.74, 6) is 0.211. The van der Waals surface area contributed by atoms with Crippen LogP contribution in [0.15, 0.2) is 41.3 Å². The van der Waals surface area contributed by atoms with Crippen molar-refractivity contribution in [3.63, 3.8) is 0 Å². The largest absolute Gasteiger partial charge is 0.493 e. The number of hydrogen-bond donors (Lipinski definition) is 0. The van der Waals surface area contributed by atoms with Gasteiger partial charge in [-0.2, -0.15) is 4.31 Å². The molecule has 3 rings (SSSR count). The fraction of sp³-hybridized carbons (Fsp3) is 0.450. The lowest BCUT2D eigenvalue weighted by molar-refractivity contribution is -0.149. The van der Waals surface area contributed by atoms with Crippen LogP contribution in [0.2, 0.25) is 0 Å². The summed E-state index contributed by atoms with van der Waals surface area (Å²) in [7, 11) is -3.66. The molecule has 27 heavy (non-hydrogen) atoms. The summed E-state index contributed by atoms with van der Waals surface area (Å²) in [5, 5.41) is 1.43. The molecule has 1 aliphatic heterocycles. The van der Waals surface area contributed by atoms with E-state index in [9.17, 15) is 13.2 Å². The van der Waals surface area contributed by atoms with E-state index >= 15 is 0 Å². The molecule has 2 aromatic carbocycles. The molecule has 0 radical (unpaired) electrons. The van der Waals surface area contributed by atoms with E-state index in [0.717, 1.165) is 5.39 Å². The molecule has 0 bridgehead atoms. The molecule has 0 spiro atoms. The van der Waals surface area contributed by atoms with Crippen molar-refractivity contribution in [2.24, 2.45) is 5.92 Å². The maximum Gasteiger partial charge on any atom is 0.309 e. The summed E-state index contributed by atoms with van der Waals surface area (Å²) in [6, 6.07) is 10.7. The van der Waals surface area contributed by atoms with Gasteiger partial charge in [-0.15, -0.1) is 0 Å². The molecule has 1 aliphatic rings. The van der Waals surface area contributed by atoms with Crippen LogP contribution in [0.5, 0.6) is 5.75 Å². The molecular weight excluding hydrogens is 366 g/mol. The van der Waals surface area contributed by atoms with E-state index in [1.807, 2.05) is 25.1 Å². The van der Waals surface area contributed by atoms with E-state index in [1.54, 1.807) is 25.1 Å². The Morgan fingerprint density at radius 1 is 1.04 bits per heavy atom. The van der Waals surface area contributed by atoms with Crippen molar-refractivity contribution in [2.45, 2.75) is 31.6 Å². The van der Waals surface area contributed by atoms with Crippen molar-refractivity contribution in [3.8, 4) is 5.75 Å². The number of carbonyl (C=O) groups is 1. The van der Waals surface area contributed by atoms with E-state index in [1.165, 1.54) is 4.31 Å². The first-order chi connectivity index (χ1) is 13.0. The standard InChI is InChI=1S/C20H25NO5S/c1-3-25-18-9-10-19(17-8-6-5-7-16(17)18)27(23,24)21-13-11-15(12-14-21)20(22)26-4-2/h5-10,15H,3-4,11-14H2,1-2H3. The lowest BCUT2D eigenvalue weighted by Crippen LogP contribution is -2.40. The van der Waals surface area contributed by atoms with Crippen LogP contribution >= 0.6 is 0 Å². The SMILES string of the molecule is CCOC(=O)C1CCN(S(=O)(=O)c2ccc(OCC)c3ccccc23)CC1. The second-order valence-electron chi connectivity index (χ2n) is 6.47. The second-order valence-corrected chi connectivity index (χ2v) is 8.38. The van der Waals surface area contributed by atoms with E-state index in [4.69, 9.17) is 9.47 Å². The van der Waals surface area contributed by atoms with Crippen molar-refractivity contribution < 1.29 is 22.7 Å². The zero-order chi connectivity index (χ0) is 19.4. The summed E-state index contributed by atoms with van der Waals surface area (Å²) < 4.78 is 38.6. The van der Waals surface area contributed by atoms with Crippen LogP contribution in [-0.2, 0) is 19.6 Å². The molecule has 0 unspecified atom stereocenters. The average molecular weight is 391 g/mol. The number of hydrogen-bond acceptors (Lipinski definition) is 5. The maximum atomic E-state index is 13.2. The molecule has 6 nitrogen and oxygen atoms in total. The fourth-order valence-corrected chi connectivity index (χ4v) is 5.15. The van der Waals surface area contributed by atoms with Gasteiger partial charge in [-0.1, -0.05) is 24.3 Å². The van der Waals surface area contributed by atoms with Crippen molar-refractivity contribution in [1.82, 2.24) is 4.31 Å². The number of rotatable bonds is 6. The zero-order valence-electron chi connectivity index (χ0n) is 15.7. The molecule has 0 N–H and O–H groups in total. The van der Waals surface area contributed by atoms with Crippen molar-refractivity contribution >= 4 is 26.8 Å². The molecule has 0 aromatic heterocycles. The Morgan fingerprint density at radius 3 is 2.33 bits per heavy atom. The van der Waals surface area contributed by atoms with Crippen LogP contribution in [0.1, 0.15) is 26.7 Å². The number of benzene rings is 2. The Hall–Kier alpha value is -2.12. The van der Waals surface area contributed by atoms with Gasteiger partial charge in [0.25, 0.3) is 0 Å². The Labute approximate surface area is 160 Å². The normalized spacial score (nSPS) is 16.4. The highest BCUT2D eigenvalue weighted by molar-refractivity contribution is 7.89. The highest BCUT2D eigenvalue weighted by Gasteiger charge is 2.33. The molecule has 1 saturated heterocycles. The smallest absolute Gasteiger partial charge is 0.309 e. The minimum absolute atomic E-state index is 0.228. The van der Waals surface area contributed by atoms with E-state index in [2.05, 4.69) is 0 Å². The molecule has 1 fully saturated rings. The van der Waals surface area contributed by atoms with E-state index < -0.39 is 10.0 Å². The molecule has 1 heterocycles. The summed E-state index contributed by atoms with van der Waals surface area (Å²) in [5.41, 5.74) is 0. The van der Waals surface area contributed by atoms with Crippen molar-refractivity contribution in [1.29, 1.82) is 0 Å². The average Bonchev–Trinajstić information content (AvgIpc) is 2.68. The lowest BCUT2D eigenvalue weighted by atomic mass is 9.98. The van der Waals surface area contributed by atoms with Gasteiger partial charge in [0.2, 0.25) is 10.0 Å². The number of esters is 1. The van der Waals surface area contributed by atoms with Gasteiger partial charge in [0.05, 0.1) is 24.0 Å². The van der Waals surface area contributed by atoms with Gasteiger partial charge in [-0.25, -0.2) is 8.42 Å². The summed E-state index contributed by atoms with van der Waals surface area (Å²) in [6.45, 7) is 5.15. The van der Waals surface area contributed by atoms with Gasteiger partial charge >= 0.3 is 5.97 Å². The third kappa shape index (κ3) is 3.94. The predicted octanol–water partition coefficient (Wildman–Crippen LogP) is 3.20. The molecule has 2 aromatic rings. The van der Waals surface area contributed by atoms with Gasteiger partial charge < -0.3 is 9.47 Å². The number of ether oxygens (including phenoxy) is 2. The van der Waals surface area contributed by atoms with Crippen LogP contribution in [0, 0.1) is 5.92 Å². The van der Waals surface area contributed by atoms with Crippen LogP contribution in [0.25, 0.3) is 10.8 Å². The summed E-state index contributed by atoms with van der Waals surface area (Å²) in [6.07, 6.45) is 0.958. The number of carbonyl (C=O) groups excluding carboxylic acids is 1. The van der Waals surface area contributed by atoms with Gasteiger partial charge in [0.15, 0.2) is 0 Å². The van der Waals surface area contributed by atoms with Crippen molar-refractivity contribution in [2.75, 3.05) is 26.3 Å². The Kier molecular flexibility index (Phi) is 6.01. The van der Waals surface area contributed by atoms with Gasteiger partial charge in [0.1, 0.15) is 5.75 Å². The molecule has 0 aliphatic carbocycles. The quantitative estimate of drug-likeness (QED) is 0.707. The number of sulfonamides is 1. The van der Waals surface area contributed by atoms with Gasteiger partial charge in [-0.05, 0) is 38.8 Å². The molecular formula is C20H25NO5S. The van der Waals surface area contributed by atoms with Crippen LogP contribution in [0.4, 0.5) is 0 Å². The van der Waals surface area contributed by atoms with Gasteiger partial charge in [-0.3, -0.25) is 4.79 Å². The van der Waals surface area contributed by atoms with Crippen molar-refractivity contribution in [3.05, 3.63) is 36.4 Å². The number of piperidine rings is 1. The Morgan fingerprint density at radius 2 is 1.70 bits per heavy atom. The minimum atomic E-state index is -3.66. The second kappa shape index (κ2) is 8.27. The van der Waals surface area contributed by atoms with Gasteiger partial charge in [0, 0.05) is 23.9 Å². The molecule has 0 atom stereocenters. The monoisotopic (exact) mass is 391 g/mol.